The minimum absolute atomic E-state index is 0.124. The topological polar surface area (TPSA) is 109 Å². The molecular weight excluding hydrogens is 264 g/mol. The van der Waals surface area contributed by atoms with E-state index in [0.29, 0.717) is 13.2 Å². The number of rotatable bonds is 6. The van der Waals surface area contributed by atoms with Crippen molar-refractivity contribution in [1.82, 2.24) is 15.6 Å². The molecule has 0 atom stereocenters. The number of H-pyrrole nitrogens is 1. The highest BCUT2D eigenvalue weighted by molar-refractivity contribution is 5.93. The summed E-state index contributed by atoms with van der Waals surface area (Å²) < 4.78 is 5.64. The van der Waals surface area contributed by atoms with Crippen molar-refractivity contribution in [3.8, 4) is 0 Å². The zero-order valence-corrected chi connectivity index (χ0v) is 11.1. The average Bonchev–Trinajstić information content (AvgIpc) is 2.94. The highest BCUT2D eigenvalue weighted by Gasteiger charge is 2.15. The number of amides is 1. The fourth-order valence-corrected chi connectivity index (χ4v) is 2.07. The first kappa shape index (κ1) is 14.5. The predicted molar refractivity (Wildman–Crippen MR) is 71.6 cm³/mol. The molecule has 0 aromatic carbocycles. The number of hydrogen-bond donors (Lipinski definition) is 3. The monoisotopic (exact) mass is 282 g/mol. The Morgan fingerprint density at radius 2 is 2.25 bits per heavy atom. The van der Waals surface area contributed by atoms with Crippen LogP contribution in [-0.2, 0) is 4.74 Å². The van der Waals surface area contributed by atoms with E-state index < -0.39 is 4.92 Å². The number of aromatic amines is 1. The largest absolute Gasteiger partial charge is 0.376 e. The lowest BCUT2D eigenvalue weighted by Crippen LogP contribution is -2.34. The third-order valence-corrected chi connectivity index (χ3v) is 3.15. The van der Waals surface area contributed by atoms with Gasteiger partial charge in [-0.05, 0) is 25.9 Å². The van der Waals surface area contributed by atoms with Crippen LogP contribution in [0.15, 0.2) is 12.3 Å². The number of carbonyl (C=O) groups is 1. The van der Waals surface area contributed by atoms with Crippen LogP contribution in [0.25, 0.3) is 0 Å². The van der Waals surface area contributed by atoms with Gasteiger partial charge in [0.05, 0.1) is 23.8 Å². The third kappa shape index (κ3) is 4.04. The highest BCUT2D eigenvalue weighted by atomic mass is 16.6. The van der Waals surface area contributed by atoms with Crippen LogP contribution in [0.1, 0.15) is 23.3 Å². The molecule has 1 fully saturated rings. The summed E-state index contributed by atoms with van der Waals surface area (Å²) in [5, 5.41) is 16.4. The van der Waals surface area contributed by atoms with Crippen LogP contribution in [0, 0.1) is 10.1 Å². The van der Waals surface area contributed by atoms with Crippen LogP contribution in [0.3, 0.4) is 0 Å². The van der Waals surface area contributed by atoms with Gasteiger partial charge in [0, 0.05) is 12.6 Å². The Labute approximate surface area is 116 Å². The highest BCUT2D eigenvalue weighted by Crippen LogP contribution is 2.11. The number of nitrogens with zero attached hydrogens (tertiary/aromatic N) is 1. The smallest absolute Gasteiger partial charge is 0.287 e. The van der Waals surface area contributed by atoms with E-state index in [1.807, 2.05) is 0 Å². The molecule has 3 N–H and O–H groups in total. The molecule has 1 amide bonds. The first-order valence-corrected chi connectivity index (χ1v) is 6.60. The SMILES string of the molecule is O=C(NCCOC1CCNCC1)c1cc([N+](=O)[O-])c[nH]1. The second kappa shape index (κ2) is 7.01. The summed E-state index contributed by atoms with van der Waals surface area (Å²) >= 11 is 0. The second-order valence-corrected chi connectivity index (χ2v) is 4.60. The Hall–Kier alpha value is -1.93. The van der Waals surface area contributed by atoms with Gasteiger partial charge in [0.15, 0.2) is 0 Å². The summed E-state index contributed by atoms with van der Waals surface area (Å²) in [6.45, 7) is 2.75. The first-order chi connectivity index (χ1) is 9.66. The molecule has 0 saturated carbocycles. The van der Waals surface area contributed by atoms with Gasteiger partial charge < -0.3 is 20.4 Å². The molecule has 8 nitrogen and oxygen atoms in total. The number of carbonyl (C=O) groups excluding carboxylic acids is 1. The molecular formula is C12H18N4O4. The molecule has 0 spiro atoms. The van der Waals surface area contributed by atoms with Crippen LogP contribution >= 0.6 is 0 Å². The van der Waals surface area contributed by atoms with Gasteiger partial charge >= 0.3 is 0 Å². The van der Waals surface area contributed by atoms with Crippen molar-refractivity contribution >= 4 is 11.6 Å². The molecule has 0 unspecified atom stereocenters. The van der Waals surface area contributed by atoms with Gasteiger partial charge in [-0.3, -0.25) is 14.9 Å². The average molecular weight is 282 g/mol. The molecule has 0 bridgehead atoms. The molecule has 110 valence electrons. The molecule has 20 heavy (non-hydrogen) atoms. The summed E-state index contributed by atoms with van der Waals surface area (Å²) in [5.41, 5.74) is 0.0553. The predicted octanol–water partition coefficient (Wildman–Crippen LogP) is 0.421. The number of ether oxygens (including phenoxy) is 1. The number of hydrogen-bond acceptors (Lipinski definition) is 5. The van der Waals surface area contributed by atoms with E-state index >= 15 is 0 Å². The number of aromatic nitrogens is 1. The van der Waals surface area contributed by atoms with Gasteiger partial charge in [-0.2, -0.15) is 0 Å². The Kier molecular flexibility index (Phi) is 5.08. The summed E-state index contributed by atoms with van der Waals surface area (Å²) in [6.07, 6.45) is 3.41. The van der Waals surface area contributed by atoms with Crippen molar-refractivity contribution in [1.29, 1.82) is 0 Å². The van der Waals surface area contributed by atoms with Crippen molar-refractivity contribution in [2.24, 2.45) is 0 Å². The van der Waals surface area contributed by atoms with Crippen molar-refractivity contribution in [3.63, 3.8) is 0 Å². The van der Waals surface area contributed by atoms with Crippen LogP contribution in [0.2, 0.25) is 0 Å². The summed E-state index contributed by atoms with van der Waals surface area (Å²) in [7, 11) is 0. The van der Waals surface area contributed by atoms with Crippen molar-refractivity contribution in [3.05, 3.63) is 28.1 Å². The van der Waals surface area contributed by atoms with Gasteiger partial charge in [0.1, 0.15) is 5.69 Å². The van der Waals surface area contributed by atoms with E-state index in [1.165, 1.54) is 12.3 Å². The Bertz CT molecular complexity index is 468. The number of nitrogens with one attached hydrogen (secondary N) is 3. The minimum Gasteiger partial charge on any atom is -0.376 e. The van der Waals surface area contributed by atoms with Crippen LogP contribution in [0.5, 0.6) is 0 Å². The van der Waals surface area contributed by atoms with Crippen molar-refractivity contribution < 1.29 is 14.5 Å². The maximum atomic E-state index is 11.7. The van der Waals surface area contributed by atoms with Gasteiger partial charge in [-0.15, -0.1) is 0 Å². The van der Waals surface area contributed by atoms with Crippen LogP contribution < -0.4 is 10.6 Å². The van der Waals surface area contributed by atoms with E-state index in [1.54, 1.807) is 0 Å². The van der Waals surface area contributed by atoms with E-state index in [2.05, 4.69) is 15.6 Å². The van der Waals surface area contributed by atoms with Crippen molar-refractivity contribution in [2.75, 3.05) is 26.2 Å². The molecule has 1 aliphatic rings. The molecule has 8 heteroatoms. The number of piperidine rings is 1. The molecule has 1 saturated heterocycles. The lowest BCUT2D eigenvalue weighted by molar-refractivity contribution is -0.384. The standard InChI is InChI=1S/C12H18N4O4/c17-12(11-7-9(8-15-11)16(18)19)14-5-6-20-10-1-3-13-4-2-10/h7-8,10,13,15H,1-6H2,(H,14,17). The molecule has 0 aliphatic carbocycles. The molecule has 2 heterocycles. The molecule has 0 radical (unpaired) electrons. The van der Waals surface area contributed by atoms with E-state index in [0.717, 1.165) is 25.9 Å². The summed E-state index contributed by atoms with van der Waals surface area (Å²) in [6, 6.07) is 1.21. The Balaban J connectivity index is 1.67. The number of nitro groups is 1. The minimum atomic E-state index is -0.548. The molecule has 1 aliphatic heterocycles. The summed E-state index contributed by atoms with van der Waals surface area (Å²) in [4.78, 5) is 24.2. The van der Waals surface area contributed by atoms with Crippen molar-refractivity contribution in [2.45, 2.75) is 18.9 Å². The second-order valence-electron chi connectivity index (χ2n) is 4.60. The van der Waals surface area contributed by atoms with E-state index in [9.17, 15) is 14.9 Å². The first-order valence-electron chi connectivity index (χ1n) is 6.60. The molecule has 1 aromatic rings. The Morgan fingerprint density at radius 3 is 2.90 bits per heavy atom. The maximum Gasteiger partial charge on any atom is 0.287 e. The lowest BCUT2D eigenvalue weighted by atomic mass is 10.1. The third-order valence-electron chi connectivity index (χ3n) is 3.15. The van der Waals surface area contributed by atoms with E-state index in [-0.39, 0.29) is 23.4 Å². The fraction of sp³-hybridized carbons (Fsp3) is 0.583. The van der Waals surface area contributed by atoms with Crippen LogP contribution in [-0.4, -0.2) is 48.2 Å². The summed E-state index contributed by atoms with van der Waals surface area (Å²) in [5.74, 6) is -0.369. The van der Waals surface area contributed by atoms with E-state index in [4.69, 9.17) is 4.74 Å². The zero-order valence-electron chi connectivity index (χ0n) is 11.1. The fourth-order valence-electron chi connectivity index (χ4n) is 2.07. The zero-order chi connectivity index (χ0) is 14.4. The normalized spacial score (nSPS) is 16.0. The van der Waals surface area contributed by atoms with Crippen LogP contribution in [0.4, 0.5) is 5.69 Å². The molecule has 2 rings (SSSR count). The van der Waals surface area contributed by atoms with Gasteiger partial charge in [0.2, 0.25) is 0 Å². The lowest BCUT2D eigenvalue weighted by Gasteiger charge is -2.22. The van der Waals surface area contributed by atoms with Gasteiger partial charge in [-0.1, -0.05) is 0 Å². The quantitative estimate of drug-likeness (QED) is 0.398. The van der Waals surface area contributed by atoms with Gasteiger partial charge in [0.25, 0.3) is 11.6 Å². The maximum absolute atomic E-state index is 11.7. The molecule has 1 aromatic heterocycles. The van der Waals surface area contributed by atoms with Gasteiger partial charge in [-0.25, -0.2) is 0 Å². The Morgan fingerprint density at radius 1 is 1.50 bits per heavy atom.